The Hall–Kier alpha value is -4.02. The van der Waals surface area contributed by atoms with Gasteiger partial charge in [0.2, 0.25) is 5.88 Å². The second-order valence-corrected chi connectivity index (χ2v) is 7.33. The Morgan fingerprint density at radius 1 is 1.19 bits per heavy atom. The zero-order valence-electron chi connectivity index (χ0n) is 16.8. The van der Waals surface area contributed by atoms with Gasteiger partial charge in [0.05, 0.1) is 23.6 Å². The second kappa shape index (κ2) is 8.61. The molecule has 3 aromatic rings. The number of halogens is 2. The van der Waals surface area contributed by atoms with Crippen LogP contribution >= 0.6 is 11.6 Å². The Bertz CT molecular complexity index is 1300. The molecule has 1 heterocycles. The highest BCUT2D eigenvalue weighted by atomic mass is 35.5. The van der Waals surface area contributed by atoms with E-state index in [-0.39, 0.29) is 27.8 Å². The van der Waals surface area contributed by atoms with Gasteiger partial charge in [-0.05, 0) is 42.0 Å². The van der Waals surface area contributed by atoms with Gasteiger partial charge < -0.3 is 19.9 Å². The number of hydrogen-bond acceptors (Lipinski definition) is 6. The summed E-state index contributed by atoms with van der Waals surface area (Å²) in [7, 11) is 1.47. The summed E-state index contributed by atoms with van der Waals surface area (Å²) in [4.78, 5) is 12.5. The monoisotopic (exact) mass is 450 g/mol. The van der Waals surface area contributed by atoms with Crippen molar-refractivity contribution < 1.29 is 23.4 Å². The van der Waals surface area contributed by atoms with Crippen LogP contribution in [0.5, 0.6) is 17.2 Å². The molecule has 160 valence electrons. The Balaban J connectivity index is 1.67. The predicted molar refractivity (Wildman–Crippen MR) is 115 cm³/mol. The molecule has 0 radical (unpaired) electrons. The number of carbonyl (C=O) groups is 1. The summed E-state index contributed by atoms with van der Waals surface area (Å²) in [6.07, 6.45) is 0. The first-order chi connectivity index (χ1) is 15.4. The van der Waals surface area contributed by atoms with Crippen LogP contribution < -0.4 is 19.9 Å². The van der Waals surface area contributed by atoms with Crippen molar-refractivity contribution in [1.29, 1.82) is 5.26 Å². The van der Waals surface area contributed by atoms with Crippen molar-refractivity contribution in [1.82, 2.24) is 0 Å². The van der Waals surface area contributed by atoms with E-state index in [2.05, 4.69) is 0 Å². The number of ether oxygens (including phenoxy) is 3. The molecule has 32 heavy (non-hydrogen) atoms. The maximum Gasteiger partial charge on any atom is 0.343 e. The zero-order valence-corrected chi connectivity index (χ0v) is 17.5. The molecule has 1 atom stereocenters. The van der Waals surface area contributed by atoms with Crippen molar-refractivity contribution in [3.8, 4) is 23.3 Å². The maximum absolute atomic E-state index is 13.8. The van der Waals surface area contributed by atoms with Gasteiger partial charge in [-0.15, -0.1) is 0 Å². The van der Waals surface area contributed by atoms with Crippen molar-refractivity contribution in [2.24, 2.45) is 5.73 Å². The first-order valence-corrected chi connectivity index (χ1v) is 9.81. The number of benzene rings is 3. The number of nitriles is 1. The van der Waals surface area contributed by atoms with Crippen LogP contribution in [0.2, 0.25) is 5.02 Å². The fourth-order valence-electron chi connectivity index (χ4n) is 3.49. The fraction of sp³-hybridized carbons (Fsp3) is 0.0833. The van der Waals surface area contributed by atoms with E-state index in [1.807, 2.05) is 6.07 Å². The minimum Gasteiger partial charge on any atom is -0.495 e. The Kier molecular flexibility index (Phi) is 5.71. The molecule has 1 aliphatic heterocycles. The molecule has 0 saturated carbocycles. The van der Waals surface area contributed by atoms with Crippen molar-refractivity contribution in [3.05, 3.63) is 99.7 Å². The van der Waals surface area contributed by atoms with Crippen molar-refractivity contribution in [3.63, 3.8) is 0 Å². The lowest BCUT2D eigenvalue weighted by atomic mass is 9.83. The topological polar surface area (TPSA) is 94.6 Å². The molecule has 0 aromatic heterocycles. The summed E-state index contributed by atoms with van der Waals surface area (Å²) < 4.78 is 30.0. The van der Waals surface area contributed by atoms with E-state index in [0.717, 1.165) is 0 Å². The Morgan fingerprint density at radius 2 is 2.00 bits per heavy atom. The van der Waals surface area contributed by atoms with Crippen molar-refractivity contribution in [2.75, 3.05) is 7.11 Å². The van der Waals surface area contributed by atoms with Gasteiger partial charge in [0.25, 0.3) is 0 Å². The van der Waals surface area contributed by atoms with Gasteiger partial charge in [-0.2, -0.15) is 5.26 Å². The van der Waals surface area contributed by atoms with E-state index in [1.54, 1.807) is 30.3 Å². The predicted octanol–water partition coefficient (Wildman–Crippen LogP) is 4.93. The number of hydrogen-bond donors (Lipinski definition) is 1. The van der Waals surface area contributed by atoms with Crippen LogP contribution in [0.1, 0.15) is 27.4 Å². The molecule has 1 aliphatic rings. The lowest BCUT2D eigenvalue weighted by Crippen LogP contribution is -2.21. The van der Waals surface area contributed by atoms with E-state index >= 15 is 0 Å². The molecular weight excluding hydrogens is 435 g/mol. The summed E-state index contributed by atoms with van der Waals surface area (Å²) in [6.45, 7) is 0. The van der Waals surface area contributed by atoms with Crippen LogP contribution in [-0.2, 0) is 0 Å². The van der Waals surface area contributed by atoms with Gasteiger partial charge in [-0.1, -0.05) is 29.8 Å². The smallest absolute Gasteiger partial charge is 0.343 e. The first kappa shape index (κ1) is 21.2. The van der Waals surface area contributed by atoms with Gasteiger partial charge in [0.1, 0.15) is 34.7 Å². The van der Waals surface area contributed by atoms with Crippen LogP contribution in [-0.4, -0.2) is 13.1 Å². The average Bonchev–Trinajstić information content (AvgIpc) is 2.78. The van der Waals surface area contributed by atoms with Gasteiger partial charge in [-0.3, -0.25) is 0 Å². The highest BCUT2D eigenvalue weighted by Crippen LogP contribution is 2.43. The first-order valence-electron chi connectivity index (χ1n) is 9.44. The quantitative estimate of drug-likeness (QED) is 0.447. The van der Waals surface area contributed by atoms with Gasteiger partial charge in [0, 0.05) is 11.6 Å². The van der Waals surface area contributed by atoms with Gasteiger partial charge >= 0.3 is 5.97 Å². The van der Waals surface area contributed by atoms with Gasteiger partial charge in [-0.25, -0.2) is 9.18 Å². The zero-order chi connectivity index (χ0) is 22.8. The molecular formula is C24H16ClFN2O4. The minimum atomic E-state index is -0.631. The molecule has 0 amide bonds. The molecule has 8 heteroatoms. The van der Waals surface area contributed by atoms with Crippen molar-refractivity contribution in [2.45, 2.75) is 5.92 Å². The molecule has 0 aliphatic carbocycles. The SMILES string of the molecule is COc1ccc(C(=O)Oc2ccc3c(c2)OC(N)=C(C#N)C3c2cccc(F)c2)cc1Cl. The van der Waals surface area contributed by atoms with E-state index in [9.17, 15) is 14.4 Å². The molecule has 0 saturated heterocycles. The summed E-state index contributed by atoms with van der Waals surface area (Å²) in [5.41, 5.74) is 7.50. The molecule has 0 spiro atoms. The number of methoxy groups -OCH3 is 1. The van der Waals surface area contributed by atoms with Crippen molar-refractivity contribution >= 4 is 17.6 Å². The van der Waals surface area contributed by atoms with E-state index in [4.69, 9.17) is 31.5 Å². The standard InChI is InChI=1S/C24H16ClFN2O4/c1-30-20-8-5-14(10-19(20)25)24(29)31-16-6-7-17-21(11-16)32-23(28)18(12-27)22(17)13-3-2-4-15(26)9-13/h2-11,22H,28H2,1H3. The molecule has 6 nitrogen and oxygen atoms in total. The van der Waals surface area contributed by atoms with E-state index in [0.29, 0.717) is 22.6 Å². The normalized spacial score (nSPS) is 14.8. The highest BCUT2D eigenvalue weighted by molar-refractivity contribution is 6.32. The largest absolute Gasteiger partial charge is 0.495 e. The molecule has 0 fully saturated rings. The molecule has 0 bridgehead atoms. The fourth-order valence-corrected chi connectivity index (χ4v) is 3.75. The van der Waals surface area contributed by atoms with E-state index in [1.165, 1.54) is 37.4 Å². The van der Waals surface area contributed by atoms with Crippen LogP contribution in [0.4, 0.5) is 4.39 Å². The van der Waals surface area contributed by atoms with E-state index < -0.39 is 17.7 Å². The summed E-state index contributed by atoms with van der Waals surface area (Å²) in [6, 6.07) is 17.2. The highest BCUT2D eigenvalue weighted by Gasteiger charge is 2.31. The van der Waals surface area contributed by atoms with Crippen LogP contribution in [0.15, 0.2) is 72.1 Å². The van der Waals surface area contributed by atoms with Gasteiger partial charge in [0.15, 0.2) is 0 Å². The summed E-state index contributed by atoms with van der Waals surface area (Å²) in [5.74, 6) is -0.849. The lowest BCUT2D eigenvalue weighted by Gasteiger charge is -2.26. The average molecular weight is 451 g/mol. The maximum atomic E-state index is 13.8. The molecule has 2 N–H and O–H groups in total. The third-order valence-electron chi connectivity index (χ3n) is 4.97. The summed E-state index contributed by atoms with van der Waals surface area (Å²) >= 11 is 6.08. The Morgan fingerprint density at radius 3 is 2.69 bits per heavy atom. The number of allylic oxidation sites excluding steroid dienone is 1. The van der Waals surface area contributed by atoms with Crippen LogP contribution in [0.3, 0.4) is 0 Å². The lowest BCUT2D eigenvalue weighted by molar-refractivity contribution is 0.0734. The third kappa shape index (κ3) is 3.96. The minimum absolute atomic E-state index is 0.0975. The summed E-state index contributed by atoms with van der Waals surface area (Å²) in [5, 5.41) is 9.87. The van der Waals surface area contributed by atoms with Crippen LogP contribution in [0.25, 0.3) is 0 Å². The number of nitrogens with two attached hydrogens (primary N) is 1. The number of rotatable bonds is 4. The Labute approximate surface area is 188 Å². The molecule has 1 unspecified atom stereocenters. The molecule has 4 rings (SSSR count). The number of carbonyl (C=O) groups excluding carboxylic acids is 1. The number of fused-ring (bicyclic) bond motifs is 1. The molecule has 3 aromatic carbocycles. The number of esters is 1. The van der Waals surface area contributed by atoms with Crippen LogP contribution in [0, 0.1) is 17.1 Å². The second-order valence-electron chi connectivity index (χ2n) is 6.92. The number of nitrogens with zero attached hydrogens (tertiary/aromatic N) is 1. The third-order valence-corrected chi connectivity index (χ3v) is 5.27.